The largest absolute Gasteiger partial charge is 0.492 e. The van der Waals surface area contributed by atoms with Crippen LogP contribution in [0.25, 0.3) is 0 Å². The number of rotatable bonds is 2. The monoisotopic (exact) mass is 258 g/mol. The molecule has 0 amide bonds. The fourth-order valence-corrected chi connectivity index (χ4v) is 3.37. The van der Waals surface area contributed by atoms with Crippen molar-refractivity contribution in [1.29, 1.82) is 0 Å². The summed E-state index contributed by atoms with van der Waals surface area (Å²) in [5.74, 6) is 0.885. The fourth-order valence-electron chi connectivity index (χ4n) is 2.44. The van der Waals surface area contributed by atoms with Crippen molar-refractivity contribution in [3.05, 3.63) is 51.2 Å². The molecule has 0 spiro atoms. The number of aryl methyl sites for hydroxylation is 2. The molecular weight excluding hydrogens is 244 g/mol. The smallest absolute Gasteiger partial charge is 0.175 e. The van der Waals surface area contributed by atoms with Crippen molar-refractivity contribution in [2.75, 3.05) is 6.61 Å². The Bertz CT molecular complexity index is 613. The van der Waals surface area contributed by atoms with Crippen molar-refractivity contribution in [3.63, 3.8) is 0 Å². The minimum Gasteiger partial charge on any atom is -0.492 e. The predicted octanol–water partition coefficient (Wildman–Crippen LogP) is 3.72. The Morgan fingerprint density at radius 2 is 2.11 bits per heavy atom. The number of hydrogen-bond donors (Lipinski definition) is 0. The fraction of sp³-hybridized carbons (Fsp3) is 0.267. The van der Waals surface area contributed by atoms with E-state index in [1.807, 2.05) is 44.2 Å². The highest BCUT2D eigenvalue weighted by atomic mass is 32.1. The second-order valence-corrected chi connectivity index (χ2v) is 6.05. The van der Waals surface area contributed by atoms with Crippen LogP contribution < -0.4 is 4.74 Å². The summed E-state index contributed by atoms with van der Waals surface area (Å²) in [6, 6.07) is 9.79. The molecule has 0 fully saturated rings. The standard InChI is InChI=1S/C15H14O2S/c1-9-7-12(10(2)18-9)15(16)13-8-17-14-6-4-3-5-11(13)14/h3-7,13H,8H2,1-2H3. The average molecular weight is 258 g/mol. The molecule has 1 aliphatic rings. The van der Waals surface area contributed by atoms with Gasteiger partial charge in [0.2, 0.25) is 0 Å². The maximum Gasteiger partial charge on any atom is 0.175 e. The lowest BCUT2D eigenvalue weighted by Crippen LogP contribution is -2.14. The summed E-state index contributed by atoms with van der Waals surface area (Å²) in [6.07, 6.45) is 0. The van der Waals surface area contributed by atoms with Crippen molar-refractivity contribution < 1.29 is 9.53 Å². The Balaban J connectivity index is 1.98. The third-order valence-electron chi connectivity index (χ3n) is 3.32. The van der Waals surface area contributed by atoms with Crippen LogP contribution in [0.1, 0.15) is 31.6 Å². The van der Waals surface area contributed by atoms with E-state index in [1.54, 1.807) is 11.3 Å². The summed E-state index contributed by atoms with van der Waals surface area (Å²) in [6.45, 7) is 4.51. The molecule has 2 nitrogen and oxygen atoms in total. The van der Waals surface area contributed by atoms with Crippen LogP contribution in [0.4, 0.5) is 0 Å². The highest BCUT2D eigenvalue weighted by molar-refractivity contribution is 7.12. The van der Waals surface area contributed by atoms with Gasteiger partial charge in [0.25, 0.3) is 0 Å². The minimum atomic E-state index is -0.145. The summed E-state index contributed by atoms with van der Waals surface area (Å²) < 4.78 is 5.58. The average Bonchev–Trinajstić information content (AvgIpc) is 2.92. The quantitative estimate of drug-likeness (QED) is 0.767. The first kappa shape index (κ1) is 11.5. The summed E-state index contributed by atoms with van der Waals surface area (Å²) in [5.41, 5.74) is 1.87. The lowest BCUT2D eigenvalue weighted by atomic mass is 9.92. The van der Waals surface area contributed by atoms with Crippen LogP contribution >= 0.6 is 11.3 Å². The molecule has 1 atom stereocenters. The Morgan fingerprint density at radius 3 is 2.83 bits per heavy atom. The summed E-state index contributed by atoms with van der Waals surface area (Å²) in [7, 11) is 0. The number of hydrogen-bond acceptors (Lipinski definition) is 3. The van der Waals surface area contributed by atoms with E-state index in [1.165, 1.54) is 4.88 Å². The van der Waals surface area contributed by atoms with E-state index < -0.39 is 0 Å². The number of carbonyl (C=O) groups is 1. The van der Waals surface area contributed by atoms with E-state index >= 15 is 0 Å². The van der Waals surface area contributed by atoms with Crippen molar-refractivity contribution in [1.82, 2.24) is 0 Å². The van der Waals surface area contributed by atoms with Gasteiger partial charge in [-0.25, -0.2) is 0 Å². The second-order valence-electron chi connectivity index (χ2n) is 4.59. The molecule has 0 bridgehead atoms. The van der Waals surface area contributed by atoms with E-state index in [9.17, 15) is 4.79 Å². The first-order chi connectivity index (χ1) is 8.66. The normalized spacial score (nSPS) is 17.3. The molecule has 0 radical (unpaired) electrons. The van der Waals surface area contributed by atoms with E-state index in [-0.39, 0.29) is 11.7 Å². The van der Waals surface area contributed by atoms with Crippen molar-refractivity contribution in [2.45, 2.75) is 19.8 Å². The van der Waals surface area contributed by atoms with E-state index in [4.69, 9.17) is 4.74 Å². The second kappa shape index (κ2) is 4.25. The maximum absolute atomic E-state index is 12.6. The van der Waals surface area contributed by atoms with Gasteiger partial charge in [-0.1, -0.05) is 18.2 Å². The Kier molecular flexibility index (Phi) is 2.71. The first-order valence-corrected chi connectivity index (χ1v) is 6.81. The zero-order valence-corrected chi connectivity index (χ0v) is 11.2. The Labute approximate surface area is 110 Å². The first-order valence-electron chi connectivity index (χ1n) is 6.00. The molecule has 0 saturated carbocycles. The molecule has 2 heterocycles. The van der Waals surface area contributed by atoms with Gasteiger partial charge in [-0.15, -0.1) is 11.3 Å². The van der Waals surface area contributed by atoms with Crippen molar-refractivity contribution in [3.8, 4) is 5.75 Å². The van der Waals surface area contributed by atoms with Gasteiger partial charge in [0.05, 0.1) is 5.92 Å². The summed E-state index contributed by atoms with van der Waals surface area (Å²) in [5, 5.41) is 0. The SMILES string of the molecule is Cc1cc(C(=O)C2COc3ccccc32)c(C)s1. The highest BCUT2D eigenvalue weighted by Gasteiger charge is 2.31. The molecule has 0 aliphatic carbocycles. The topological polar surface area (TPSA) is 26.3 Å². The van der Waals surface area contributed by atoms with Gasteiger partial charge in [-0.3, -0.25) is 4.79 Å². The van der Waals surface area contributed by atoms with Gasteiger partial charge in [0.1, 0.15) is 12.4 Å². The van der Waals surface area contributed by atoms with Crippen LogP contribution in [0, 0.1) is 13.8 Å². The molecule has 3 heteroatoms. The maximum atomic E-state index is 12.6. The van der Waals surface area contributed by atoms with Gasteiger partial charge < -0.3 is 4.74 Å². The van der Waals surface area contributed by atoms with E-state index in [0.29, 0.717) is 6.61 Å². The molecule has 1 aromatic heterocycles. The molecule has 92 valence electrons. The highest BCUT2D eigenvalue weighted by Crippen LogP contribution is 2.36. The number of Topliss-reactive ketones (excluding diaryl/α,β-unsaturated/α-hetero) is 1. The number of benzene rings is 1. The molecule has 1 aromatic carbocycles. The number of carbonyl (C=O) groups excluding carboxylic acids is 1. The van der Waals surface area contributed by atoms with Gasteiger partial charge in [0, 0.05) is 20.9 Å². The number of ether oxygens (including phenoxy) is 1. The zero-order chi connectivity index (χ0) is 12.7. The van der Waals surface area contributed by atoms with E-state index in [2.05, 4.69) is 0 Å². The molecule has 1 aliphatic heterocycles. The Morgan fingerprint density at radius 1 is 1.33 bits per heavy atom. The van der Waals surface area contributed by atoms with Gasteiger partial charge in [-0.05, 0) is 26.0 Å². The third-order valence-corrected chi connectivity index (χ3v) is 4.29. The van der Waals surface area contributed by atoms with Crippen LogP contribution in [0.15, 0.2) is 30.3 Å². The molecule has 18 heavy (non-hydrogen) atoms. The summed E-state index contributed by atoms with van der Waals surface area (Å²) >= 11 is 1.68. The van der Waals surface area contributed by atoms with Crippen molar-refractivity contribution in [2.24, 2.45) is 0 Å². The molecule has 1 unspecified atom stereocenters. The van der Waals surface area contributed by atoms with Gasteiger partial charge >= 0.3 is 0 Å². The third kappa shape index (κ3) is 1.75. The number of para-hydroxylation sites is 1. The zero-order valence-electron chi connectivity index (χ0n) is 10.4. The number of thiophene rings is 1. The number of ketones is 1. The van der Waals surface area contributed by atoms with Crippen LogP contribution in [-0.4, -0.2) is 12.4 Å². The minimum absolute atomic E-state index is 0.145. The van der Waals surface area contributed by atoms with Crippen LogP contribution in [0.3, 0.4) is 0 Å². The van der Waals surface area contributed by atoms with Crippen molar-refractivity contribution >= 4 is 17.1 Å². The lowest BCUT2D eigenvalue weighted by Gasteiger charge is -2.07. The molecular formula is C15H14O2S. The number of fused-ring (bicyclic) bond motifs is 1. The molecule has 0 saturated heterocycles. The lowest BCUT2D eigenvalue weighted by molar-refractivity contribution is 0.0947. The molecule has 3 rings (SSSR count). The van der Waals surface area contributed by atoms with Crippen LogP contribution in [0.5, 0.6) is 5.75 Å². The van der Waals surface area contributed by atoms with Gasteiger partial charge in [-0.2, -0.15) is 0 Å². The van der Waals surface area contributed by atoms with Crippen LogP contribution in [0.2, 0.25) is 0 Å². The van der Waals surface area contributed by atoms with Gasteiger partial charge in [0.15, 0.2) is 5.78 Å². The predicted molar refractivity (Wildman–Crippen MR) is 72.8 cm³/mol. The Hall–Kier alpha value is -1.61. The molecule has 2 aromatic rings. The van der Waals surface area contributed by atoms with Crippen LogP contribution in [-0.2, 0) is 0 Å². The van der Waals surface area contributed by atoms with E-state index in [0.717, 1.165) is 21.8 Å². The molecule has 0 N–H and O–H groups in total. The summed E-state index contributed by atoms with van der Waals surface area (Å²) in [4.78, 5) is 14.9.